The van der Waals surface area contributed by atoms with E-state index in [0.717, 1.165) is 6.42 Å². The average Bonchev–Trinajstić information content (AvgIpc) is 3.26. The summed E-state index contributed by atoms with van der Waals surface area (Å²) in [5.41, 5.74) is 1.43. The van der Waals surface area contributed by atoms with Crippen LogP contribution < -0.4 is 9.47 Å². The molecule has 2 aliphatic rings. The van der Waals surface area contributed by atoms with Crippen LogP contribution in [0.15, 0.2) is 29.0 Å². The fourth-order valence-electron chi connectivity index (χ4n) is 3.84. The second-order valence-corrected chi connectivity index (χ2v) is 7.28. The van der Waals surface area contributed by atoms with Crippen molar-refractivity contribution >= 4 is 11.8 Å². The number of aromatic nitrogens is 1. The molecule has 2 aliphatic heterocycles. The summed E-state index contributed by atoms with van der Waals surface area (Å²) in [6.45, 7) is 4.53. The SMILES string of the molecule is CCC1CN(C(=O)c2ccc3c(c2)OCCO3)CCN1C(=O)c1conc1COC. The molecule has 1 saturated heterocycles. The van der Waals surface area contributed by atoms with Gasteiger partial charge in [-0.1, -0.05) is 12.1 Å². The van der Waals surface area contributed by atoms with Gasteiger partial charge in [0.15, 0.2) is 11.5 Å². The molecule has 1 fully saturated rings. The van der Waals surface area contributed by atoms with Crippen LogP contribution in [0.5, 0.6) is 11.5 Å². The number of hydrogen-bond donors (Lipinski definition) is 0. The lowest BCUT2D eigenvalue weighted by Gasteiger charge is -2.41. The zero-order valence-electron chi connectivity index (χ0n) is 17.1. The average molecular weight is 415 g/mol. The van der Waals surface area contributed by atoms with Gasteiger partial charge in [-0.25, -0.2) is 0 Å². The summed E-state index contributed by atoms with van der Waals surface area (Å²) in [6, 6.07) is 5.14. The predicted molar refractivity (Wildman–Crippen MR) is 106 cm³/mol. The standard InChI is InChI=1S/C21H25N3O6/c1-3-15-11-23(20(25)14-4-5-18-19(10-14)29-9-8-28-18)6-7-24(15)21(26)16-12-30-22-17(16)13-27-2/h4-5,10,12,15H,3,6-9,11,13H2,1-2H3. The first-order chi connectivity index (χ1) is 14.6. The maximum Gasteiger partial charge on any atom is 0.259 e. The molecule has 30 heavy (non-hydrogen) atoms. The van der Waals surface area contributed by atoms with Gasteiger partial charge in [-0.2, -0.15) is 0 Å². The molecular weight excluding hydrogens is 390 g/mol. The molecule has 9 heteroatoms. The van der Waals surface area contributed by atoms with E-state index in [4.69, 9.17) is 18.7 Å². The summed E-state index contributed by atoms with van der Waals surface area (Å²) < 4.78 is 21.2. The number of amides is 2. The predicted octanol–water partition coefficient (Wildman–Crippen LogP) is 1.97. The first-order valence-electron chi connectivity index (χ1n) is 10.0. The van der Waals surface area contributed by atoms with Crippen molar-refractivity contribution in [2.24, 2.45) is 0 Å². The summed E-state index contributed by atoms with van der Waals surface area (Å²) >= 11 is 0. The Bertz CT molecular complexity index is 927. The van der Waals surface area contributed by atoms with E-state index >= 15 is 0 Å². The van der Waals surface area contributed by atoms with Crippen molar-refractivity contribution in [2.75, 3.05) is 40.0 Å². The lowest BCUT2D eigenvalue weighted by atomic mass is 10.1. The number of nitrogens with zero attached hydrogens (tertiary/aromatic N) is 3. The van der Waals surface area contributed by atoms with E-state index in [2.05, 4.69) is 5.16 Å². The molecule has 4 rings (SSSR count). The van der Waals surface area contributed by atoms with Gasteiger partial charge < -0.3 is 28.5 Å². The third kappa shape index (κ3) is 3.85. The number of methoxy groups -OCH3 is 1. The highest BCUT2D eigenvalue weighted by Gasteiger charge is 2.34. The van der Waals surface area contributed by atoms with Crippen molar-refractivity contribution in [2.45, 2.75) is 26.0 Å². The minimum atomic E-state index is -0.151. The molecule has 0 N–H and O–H groups in total. The van der Waals surface area contributed by atoms with E-state index in [1.54, 1.807) is 35.1 Å². The van der Waals surface area contributed by atoms with Gasteiger partial charge in [-0.15, -0.1) is 0 Å². The Balaban J connectivity index is 1.47. The monoisotopic (exact) mass is 415 g/mol. The van der Waals surface area contributed by atoms with Crippen LogP contribution in [0.1, 0.15) is 39.8 Å². The Morgan fingerprint density at radius 2 is 1.97 bits per heavy atom. The molecule has 0 spiro atoms. The molecule has 9 nitrogen and oxygen atoms in total. The highest BCUT2D eigenvalue weighted by molar-refractivity contribution is 5.97. The molecule has 160 valence electrons. The first-order valence-corrected chi connectivity index (χ1v) is 10.0. The molecule has 1 atom stereocenters. The highest BCUT2D eigenvalue weighted by atomic mass is 16.6. The highest BCUT2D eigenvalue weighted by Crippen LogP contribution is 2.31. The Morgan fingerprint density at radius 1 is 1.17 bits per heavy atom. The van der Waals surface area contributed by atoms with Crippen LogP contribution in [0.4, 0.5) is 0 Å². The van der Waals surface area contributed by atoms with Crippen molar-refractivity contribution in [3.63, 3.8) is 0 Å². The number of carbonyl (C=O) groups is 2. The Labute approximate surface area is 174 Å². The van der Waals surface area contributed by atoms with Crippen LogP contribution in [0.25, 0.3) is 0 Å². The summed E-state index contributed by atoms with van der Waals surface area (Å²) in [5.74, 6) is 1.01. The van der Waals surface area contributed by atoms with E-state index in [1.165, 1.54) is 6.26 Å². The second kappa shape index (κ2) is 8.74. The van der Waals surface area contributed by atoms with E-state index in [0.29, 0.717) is 61.2 Å². The summed E-state index contributed by atoms with van der Waals surface area (Å²) in [6.07, 6.45) is 2.08. The van der Waals surface area contributed by atoms with E-state index in [1.807, 2.05) is 6.92 Å². The van der Waals surface area contributed by atoms with Crippen molar-refractivity contribution in [3.05, 3.63) is 41.3 Å². The Hall–Kier alpha value is -3.07. The zero-order valence-corrected chi connectivity index (χ0v) is 17.1. The second-order valence-electron chi connectivity index (χ2n) is 7.28. The first kappa shape index (κ1) is 20.2. The third-order valence-corrected chi connectivity index (χ3v) is 5.45. The van der Waals surface area contributed by atoms with Crippen LogP contribution in [0.2, 0.25) is 0 Å². The molecule has 1 aromatic heterocycles. The zero-order chi connectivity index (χ0) is 21.1. The topological polar surface area (TPSA) is 94.3 Å². The third-order valence-electron chi connectivity index (χ3n) is 5.45. The van der Waals surface area contributed by atoms with Crippen LogP contribution in [0.3, 0.4) is 0 Å². The number of carbonyl (C=O) groups excluding carboxylic acids is 2. The number of rotatable bonds is 5. The van der Waals surface area contributed by atoms with E-state index < -0.39 is 0 Å². The molecule has 0 saturated carbocycles. The van der Waals surface area contributed by atoms with Gasteiger partial charge in [0.05, 0.1) is 6.61 Å². The van der Waals surface area contributed by atoms with Crippen molar-refractivity contribution < 1.29 is 28.3 Å². The quantitative estimate of drug-likeness (QED) is 0.737. The normalized spacial score (nSPS) is 18.4. The van der Waals surface area contributed by atoms with Gasteiger partial charge in [0.1, 0.15) is 30.7 Å². The molecule has 0 radical (unpaired) electrons. The van der Waals surface area contributed by atoms with Crippen LogP contribution >= 0.6 is 0 Å². The summed E-state index contributed by atoms with van der Waals surface area (Å²) in [7, 11) is 1.54. The number of fused-ring (bicyclic) bond motifs is 1. The summed E-state index contributed by atoms with van der Waals surface area (Å²) in [4.78, 5) is 29.7. The smallest absolute Gasteiger partial charge is 0.259 e. The lowest BCUT2D eigenvalue weighted by Crippen LogP contribution is -2.56. The summed E-state index contributed by atoms with van der Waals surface area (Å²) in [5, 5.41) is 3.86. The number of hydrogen-bond acceptors (Lipinski definition) is 7. The molecule has 0 bridgehead atoms. The van der Waals surface area contributed by atoms with Crippen LogP contribution in [-0.4, -0.2) is 72.8 Å². The van der Waals surface area contributed by atoms with Gasteiger partial charge in [-0.05, 0) is 24.6 Å². The van der Waals surface area contributed by atoms with Gasteiger partial charge in [-0.3, -0.25) is 9.59 Å². The molecule has 2 amide bonds. The Kier molecular flexibility index (Phi) is 5.89. The maximum absolute atomic E-state index is 13.1. The van der Waals surface area contributed by atoms with Gasteiger partial charge in [0.2, 0.25) is 0 Å². The largest absolute Gasteiger partial charge is 0.486 e. The van der Waals surface area contributed by atoms with Crippen molar-refractivity contribution in [3.8, 4) is 11.5 Å². The molecule has 3 heterocycles. The minimum absolute atomic E-state index is 0.0810. The molecule has 1 unspecified atom stereocenters. The van der Waals surface area contributed by atoms with Gasteiger partial charge in [0, 0.05) is 38.3 Å². The maximum atomic E-state index is 13.1. The van der Waals surface area contributed by atoms with E-state index in [9.17, 15) is 9.59 Å². The number of piperazine rings is 1. The van der Waals surface area contributed by atoms with Gasteiger partial charge in [0.25, 0.3) is 11.8 Å². The fraction of sp³-hybridized carbons (Fsp3) is 0.476. The van der Waals surface area contributed by atoms with Crippen molar-refractivity contribution in [1.82, 2.24) is 15.0 Å². The van der Waals surface area contributed by atoms with Crippen LogP contribution in [-0.2, 0) is 11.3 Å². The molecule has 0 aliphatic carbocycles. The molecule has 1 aromatic carbocycles. The molecular formula is C21H25N3O6. The number of ether oxygens (including phenoxy) is 3. The van der Waals surface area contributed by atoms with Crippen molar-refractivity contribution in [1.29, 1.82) is 0 Å². The number of benzene rings is 1. The van der Waals surface area contributed by atoms with Gasteiger partial charge >= 0.3 is 0 Å². The lowest BCUT2D eigenvalue weighted by molar-refractivity contribution is 0.0377. The van der Waals surface area contributed by atoms with E-state index in [-0.39, 0.29) is 24.5 Å². The molecule has 2 aromatic rings. The fourth-order valence-corrected chi connectivity index (χ4v) is 3.84. The Morgan fingerprint density at radius 3 is 2.73 bits per heavy atom. The van der Waals surface area contributed by atoms with Crippen LogP contribution in [0, 0.1) is 0 Å². The minimum Gasteiger partial charge on any atom is -0.486 e.